The molecule has 1 rings (SSSR count). The minimum absolute atomic E-state index is 0.523. The summed E-state index contributed by atoms with van der Waals surface area (Å²) in [5.41, 5.74) is 6.02. The molecule has 0 saturated heterocycles. The molecular formula is C10H21N. The van der Waals surface area contributed by atoms with Crippen LogP contribution < -0.4 is 5.73 Å². The Morgan fingerprint density at radius 3 is 2.55 bits per heavy atom. The molecule has 0 heterocycles. The predicted octanol–water partition coefficient (Wildman–Crippen LogP) is 2.69. The van der Waals surface area contributed by atoms with Crippen molar-refractivity contribution in [2.75, 3.05) is 0 Å². The molecule has 2 N–H and O–H groups in total. The van der Waals surface area contributed by atoms with Crippen molar-refractivity contribution in [3.8, 4) is 0 Å². The van der Waals surface area contributed by atoms with Gasteiger partial charge in [0.05, 0.1) is 0 Å². The first-order valence-corrected chi connectivity index (χ1v) is 5.10. The summed E-state index contributed by atoms with van der Waals surface area (Å²) in [5.74, 6) is 0.881. The van der Waals surface area contributed by atoms with Crippen LogP contribution in [-0.4, -0.2) is 6.04 Å². The molecule has 0 aromatic carbocycles. The van der Waals surface area contributed by atoms with Crippen LogP contribution in [0.2, 0.25) is 0 Å². The lowest BCUT2D eigenvalue weighted by molar-refractivity contribution is 0.249. The van der Waals surface area contributed by atoms with E-state index in [2.05, 4.69) is 6.92 Å². The zero-order valence-electron chi connectivity index (χ0n) is 7.68. The van der Waals surface area contributed by atoms with Gasteiger partial charge in [0.25, 0.3) is 0 Å². The maximum absolute atomic E-state index is 6.02. The van der Waals surface area contributed by atoms with Crippen LogP contribution >= 0.6 is 0 Å². The third-order valence-corrected chi connectivity index (χ3v) is 2.90. The van der Waals surface area contributed by atoms with Gasteiger partial charge < -0.3 is 5.73 Å². The van der Waals surface area contributed by atoms with Crippen molar-refractivity contribution in [2.45, 2.75) is 57.9 Å². The van der Waals surface area contributed by atoms with Crippen LogP contribution in [0.5, 0.6) is 0 Å². The average Bonchev–Trinajstić information content (AvgIpc) is 1.84. The SMILES string of the molecule is CCCCC[C@H](N)C1CCC1. The molecule has 0 radical (unpaired) electrons. The summed E-state index contributed by atoms with van der Waals surface area (Å²) >= 11 is 0. The highest BCUT2D eigenvalue weighted by molar-refractivity contribution is 4.79. The standard InChI is InChI=1S/C10H21N/c1-2-3-4-8-10(11)9-6-5-7-9/h9-10H,2-8,11H2,1H3/t10-/m0/s1. The Hall–Kier alpha value is -0.0400. The van der Waals surface area contributed by atoms with Gasteiger partial charge in [0.1, 0.15) is 0 Å². The molecule has 0 aliphatic heterocycles. The van der Waals surface area contributed by atoms with Crippen LogP contribution in [0.1, 0.15) is 51.9 Å². The van der Waals surface area contributed by atoms with E-state index in [9.17, 15) is 0 Å². The van der Waals surface area contributed by atoms with Crippen LogP contribution in [0.15, 0.2) is 0 Å². The summed E-state index contributed by atoms with van der Waals surface area (Å²) in [5, 5.41) is 0. The highest BCUT2D eigenvalue weighted by Crippen LogP contribution is 2.30. The molecule has 0 aromatic rings. The van der Waals surface area contributed by atoms with E-state index in [0.717, 1.165) is 5.92 Å². The predicted molar refractivity (Wildman–Crippen MR) is 49.5 cm³/mol. The zero-order chi connectivity index (χ0) is 8.10. The summed E-state index contributed by atoms with van der Waals surface area (Å²) in [6, 6.07) is 0.523. The Balaban J connectivity index is 1.96. The van der Waals surface area contributed by atoms with Gasteiger partial charge in [-0.1, -0.05) is 32.6 Å². The summed E-state index contributed by atoms with van der Waals surface area (Å²) in [7, 11) is 0. The first kappa shape index (κ1) is 9.05. The van der Waals surface area contributed by atoms with Crippen molar-refractivity contribution in [3.05, 3.63) is 0 Å². The van der Waals surface area contributed by atoms with Gasteiger partial charge in [0.2, 0.25) is 0 Å². The molecule has 1 fully saturated rings. The summed E-state index contributed by atoms with van der Waals surface area (Å²) < 4.78 is 0. The van der Waals surface area contributed by atoms with E-state index in [-0.39, 0.29) is 0 Å². The van der Waals surface area contributed by atoms with Gasteiger partial charge in [0.15, 0.2) is 0 Å². The fraction of sp³-hybridized carbons (Fsp3) is 1.00. The number of rotatable bonds is 5. The highest BCUT2D eigenvalue weighted by atomic mass is 14.7. The van der Waals surface area contributed by atoms with Crippen molar-refractivity contribution in [1.29, 1.82) is 0 Å². The topological polar surface area (TPSA) is 26.0 Å². The molecule has 1 aliphatic carbocycles. The van der Waals surface area contributed by atoms with E-state index in [1.165, 1.54) is 44.9 Å². The molecule has 0 amide bonds. The lowest BCUT2D eigenvalue weighted by atomic mass is 9.78. The molecular weight excluding hydrogens is 134 g/mol. The van der Waals surface area contributed by atoms with Crippen LogP contribution in [0, 0.1) is 5.92 Å². The average molecular weight is 155 g/mol. The maximum Gasteiger partial charge on any atom is 0.00671 e. The third-order valence-electron chi connectivity index (χ3n) is 2.90. The molecule has 0 unspecified atom stereocenters. The van der Waals surface area contributed by atoms with Crippen LogP contribution in [0.25, 0.3) is 0 Å². The van der Waals surface area contributed by atoms with Crippen molar-refractivity contribution in [1.82, 2.24) is 0 Å². The van der Waals surface area contributed by atoms with Gasteiger partial charge in [-0.05, 0) is 25.2 Å². The summed E-state index contributed by atoms with van der Waals surface area (Å²) in [6.07, 6.45) is 9.50. The van der Waals surface area contributed by atoms with E-state index >= 15 is 0 Å². The smallest absolute Gasteiger partial charge is 0.00671 e. The molecule has 1 saturated carbocycles. The number of hydrogen-bond donors (Lipinski definition) is 1. The Kier molecular flexibility index (Phi) is 3.92. The zero-order valence-corrected chi connectivity index (χ0v) is 7.68. The third kappa shape index (κ3) is 2.82. The van der Waals surface area contributed by atoms with Gasteiger partial charge in [0, 0.05) is 6.04 Å². The fourth-order valence-electron chi connectivity index (χ4n) is 1.73. The van der Waals surface area contributed by atoms with Crippen molar-refractivity contribution in [3.63, 3.8) is 0 Å². The van der Waals surface area contributed by atoms with E-state index in [1.807, 2.05) is 0 Å². The quantitative estimate of drug-likeness (QED) is 0.607. The lowest BCUT2D eigenvalue weighted by Crippen LogP contribution is -2.34. The Morgan fingerprint density at radius 1 is 1.36 bits per heavy atom. The Morgan fingerprint density at radius 2 is 2.09 bits per heavy atom. The summed E-state index contributed by atoms with van der Waals surface area (Å²) in [4.78, 5) is 0. The molecule has 0 aromatic heterocycles. The Labute approximate surface area is 70.4 Å². The monoisotopic (exact) mass is 155 g/mol. The molecule has 11 heavy (non-hydrogen) atoms. The van der Waals surface area contributed by atoms with Gasteiger partial charge in [-0.2, -0.15) is 0 Å². The van der Waals surface area contributed by atoms with Crippen molar-refractivity contribution in [2.24, 2.45) is 11.7 Å². The number of nitrogens with two attached hydrogens (primary N) is 1. The second kappa shape index (κ2) is 4.76. The van der Waals surface area contributed by atoms with E-state index in [0.29, 0.717) is 6.04 Å². The molecule has 66 valence electrons. The van der Waals surface area contributed by atoms with Crippen LogP contribution in [0.4, 0.5) is 0 Å². The molecule has 1 aliphatic rings. The van der Waals surface area contributed by atoms with E-state index in [1.54, 1.807) is 0 Å². The van der Waals surface area contributed by atoms with E-state index in [4.69, 9.17) is 5.73 Å². The lowest BCUT2D eigenvalue weighted by Gasteiger charge is -2.31. The van der Waals surface area contributed by atoms with Crippen LogP contribution in [-0.2, 0) is 0 Å². The normalized spacial score (nSPS) is 21.3. The Bertz CT molecular complexity index is 97.0. The van der Waals surface area contributed by atoms with Crippen molar-refractivity contribution < 1.29 is 0 Å². The maximum atomic E-state index is 6.02. The first-order valence-electron chi connectivity index (χ1n) is 5.10. The van der Waals surface area contributed by atoms with Crippen molar-refractivity contribution >= 4 is 0 Å². The van der Waals surface area contributed by atoms with Gasteiger partial charge in [-0.15, -0.1) is 0 Å². The fourth-order valence-corrected chi connectivity index (χ4v) is 1.73. The second-order valence-electron chi connectivity index (χ2n) is 3.85. The minimum Gasteiger partial charge on any atom is -0.327 e. The number of unbranched alkanes of at least 4 members (excludes halogenated alkanes) is 2. The molecule has 1 heteroatoms. The summed E-state index contributed by atoms with van der Waals surface area (Å²) in [6.45, 7) is 2.24. The molecule has 0 spiro atoms. The number of hydrogen-bond acceptors (Lipinski definition) is 1. The van der Waals surface area contributed by atoms with Gasteiger partial charge >= 0.3 is 0 Å². The first-order chi connectivity index (χ1) is 5.34. The minimum atomic E-state index is 0.523. The van der Waals surface area contributed by atoms with E-state index < -0.39 is 0 Å². The van der Waals surface area contributed by atoms with Crippen LogP contribution in [0.3, 0.4) is 0 Å². The largest absolute Gasteiger partial charge is 0.327 e. The molecule has 0 bridgehead atoms. The molecule has 1 atom stereocenters. The van der Waals surface area contributed by atoms with Gasteiger partial charge in [-0.25, -0.2) is 0 Å². The van der Waals surface area contributed by atoms with Gasteiger partial charge in [-0.3, -0.25) is 0 Å². The highest BCUT2D eigenvalue weighted by Gasteiger charge is 2.23. The second-order valence-corrected chi connectivity index (χ2v) is 3.85. The molecule has 1 nitrogen and oxygen atoms in total.